The number of carbonyl (C=O) groups is 2. The summed E-state index contributed by atoms with van der Waals surface area (Å²) in [6.07, 6.45) is 4.90. The number of carbonyl (C=O) groups excluding carboxylic acids is 2. The van der Waals surface area contributed by atoms with Crippen molar-refractivity contribution < 1.29 is 19.1 Å². The van der Waals surface area contributed by atoms with Crippen molar-refractivity contribution in [1.82, 2.24) is 10.3 Å². The molecule has 0 aliphatic carbocycles. The van der Waals surface area contributed by atoms with Crippen LogP contribution >= 0.6 is 0 Å². The largest absolute Gasteiger partial charge is 0.493 e. The molecular weight excluding hydrogens is 310 g/mol. The second-order valence-corrected chi connectivity index (χ2v) is 5.53. The number of amides is 2. The molecule has 1 fully saturated rings. The predicted octanol–water partition coefficient (Wildman–Crippen LogP) is 1.56. The molecule has 1 aliphatic heterocycles. The number of hydrazone groups is 1. The molecule has 0 spiro atoms. The lowest BCUT2D eigenvalue weighted by Crippen LogP contribution is -2.39. The Balaban J connectivity index is 1.88. The number of methoxy groups -OCH3 is 2. The maximum atomic E-state index is 11.9. The van der Waals surface area contributed by atoms with Crippen LogP contribution in [0.1, 0.15) is 31.2 Å². The zero-order chi connectivity index (χ0) is 17.4. The third-order valence-corrected chi connectivity index (χ3v) is 3.82. The van der Waals surface area contributed by atoms with Gasteiger partial charge in [-0.3, -0.25) is 9.59 Å². The fourth-order valence-electron chi connectivity index (χ4n) is 2.53. The van der Waals surface area contributed by atoms with Crippen molar-refractivity contribution in [2.24, 2.45) is 5.10 Å². The topological polar surface area (TPSA) is 80.2 Å². The Morgan fingerprint density at radius 3 is 2.79 bits per heavy atom. The van der Waals surface area contributed by atoms with Gasteiger partial charge in [-0.1, -0.05) is 6.42 Å². The highest BCUT2D eigenvalue weighted by molar-refractivity contribution is 5.86. The fraction of sp³-hybridized carbons (Fsp3) is 0.471. The lowest BCUT2D eigenvalue weighted by atomic mass is 10.2. The SMILES string of the molecule is COc1ccc(/C=N\NC(=O)CN2CCCCCC2=O)cc1OC. The molecule has 24 heavy (non-hydrogen) atoms. The van der Waals surface area contributed by atoms with Crippen LogP contribution in [0.15, 0.2) is 23.3 Å². The summed E-state index contributed by atoms with van der Waals surface area (Å²) in [4.78, 5) is 25.4. The van der Waals surface area contributed by atoms with Gasteiger partial charge < -0.3 is 14.4 Å². The van der Waals surface area contributed by atoms with Gasteiger partial charge in [-0.15, -0.1) is 0 Å². The minimum atomic E-state index is -0.304. The highest BCUT2D eigenvalue weighted by Crippen LogP contribution is 2.26. The summed E-state index contributed by atoms with van der Waals surface area (Å²) in [6, 6.07) is 5.32. The first-order valence-electron chi connectivity index (χ1n) is 7.95. The predicted molar refractivity (Wildman–Crippen MR) is 90.3 cm³/mol. The van der Waals surface area contributed by atoms with Crippen molar-refractivity contribution in [3.05, 3.63) is 23.8 Å². The van der Waals surface area contributed by atoms with E-state index in [-0.39, 0.29) is 18.4 Å². The Hall–Kier alpha value is -2.57. The zero-order valence-corrected chi connectivity index (χ0v) is 14.1. The molecule has 1 aromatic rings. The van der Waals surface area contributed by atoms with Crippen molar-refractivity contribution in [2.75, 3.05) is 27.3 Å². The van der Waals surface area contributed by atoms with Gasteiger partial charge in [0.2, 0.25) is 5.91 Å². The molecule has 2 rings (SSSR count). The number of hydrogen-bond acceptors (Lipinski definition) is 5. The fourth-order valence-corrected chi connectivity index (χ4v) is 2.53. The molecule has 7 nitrogen and oxygen atoms in total. The van der Waals surface area contributed by atoms with Crippen LogP contribution in [0.3, 0.4) is 0 Å². The lowest BCUT2D eigenvalue weighted by Gasteiger charge is -2.18. The molecule has 7 heteroatoms. The summed E-state index contributed by atoms with van der Waals surface area (Å²) in [5, 5.41) is 3.93. The number of benzene rings is 1. The second-order valence-electron chi connectivity index (χ2n) is 5.53. The van der Waals surface area contributed by atoms with E-state index in [1.807, 2.05) is 0 Å². The normalized spacial score (nSPS) is 15.2. The van der Waals surface area contributed by atoms with Gasteiger partial charge in [0.1, 0.15) is 6.54 Å². The van der Waals surface area contributed by atoms with Crippen LogP contribution < -0.4 is 14.9 Å². The first-order chi connectivity index (χ1) is 11.6. The number of likely N-dealkylation sites (tertiary alicyclic amines) is 1. The number of ether oxygens (including phenoxy) is 2. The molecule has 0 atom stereocenters. The summed E-state index contributed by atoms with van der Waals surface area (Å²) in [6.45, 7) is 0.674. The molecule has 130 valence electrons. The van der Waals surface area contributed by atoms with Gasteiger partial charge in [0.25, 0.3) is 5.91 Å². The van der Waals surface area contributed by atoms with Gasteiger partial charge in [0.15, 0.2) is 11.5 Å². The van der Waals surface area contributed by atoms with E-state index in [4.69, 9.17) is 9.47 Å². The minimum absolute atomic E-state index is 0.0338. The Labute approximate surface area is 141 Å². The number of nitrogens with one attached hydrogen (secondary N) is 1. The van der Waals surface area contributed by atoms with Crippen LogP contribution in [-0.4, -0.2) is 50.2 Å². The Morgan fingerprint density at radius 1 is 1.25 bits per heavy atom. The van der Waals surface area contributed by atoms with E-state index in [2.05, 4.69) is 10.5 Å². The molecule has 0 aromatic heterocycles. The molecular formula is C17H23N3O4. The van der Waals surface area contributed by atoms with Crippen LogP contribution in [0.25, 0.3) is 0 Å². The van der Waals surface area contributed by atoms with Gasteiger partial charge in [0, 0.05) is 13.0 Å². The van der Waals surface area contributed by atoms with Crippen molar-refractivity contribution in [1.29, 1.82) is 0 Å². The average molecular weight is 333 g/mol. The number of nitrogens with zero attached hydrogens (tertiary/aromatic N) is 2. The molecule has 0 saturated carbocycles. The van der Waals surface area contributed by atoms with E-state index in [9.17, 15) is 9.59 Å². The summed E-state index contributed by atoms with van der Waals surface area (Å²) in [5.74, 6) is 0.940. The summed E-state index contributed by atoms with van der Waals surface area (Å²) in [7, 11) is 3.12. The van der Waals surface area contributed by atoms with Gasteiger partial charge >= 0.3 is 0 Å². The molecule has 1 saturated heterocycles. The number of rotatable bonds is 6. The summed E-state index contributed by atoms with van der Waals surface area (Å²) >= 11 is 0. The highest BCUT2D eigenvalue weighted by atomic mass is 16.5. The highest BCUT2D eigenvalue weighted by Gasteiger charge is 2.18. The van der Waals surface area contributed by atoms with Gasteiger partial charge in [-0.05, 0) is 36.6 Å². The van der Waals surface area contributed by atoms with Gasteiger partial charge in [-0.25, -0.2) is 5.43 Å². The average Bonchev–Trinajstić information content (AvgIpc) is 2.79. The monoisotopic (exact) mass is 333 g/mol. The molecule has 0 radical (unpaired) electrons. The third-order valence-electron chi connectivity index (χ3n) is 3.82. The standard InChI is InChI=1S/C17H23N3O4/c1-23-14-8-7-13(10-15(14)24-2)11-18-19-16(21)12-20-9-5-3-4-6-17(20)22/h7-8,10-11H,3-6,9,12H2,1-2H3,(H,19,21)/b18-11-. The second kappa shape index (κ2) is 8.90. The van der Waals surface area contributed by atoms with E-state index in [0.717, 1.165) is 24.8 Å². The van der Waals surface area contributed by atoms with Crippen LogP contribution in [0, 0.1) is 0 Å². The van der Waals surface area contributed by atoms with Crippen molar-refractivity contribution >= 4 is 18.0 Å². The van der Waals surface area contributed by atoms with Gasteiger partial charge in [-0.2, -0.15) is 5.10 Å². The molecule has 2 amide bonds. The zero-order valence-electron chi connectivity index (χ0n) is 14.1. The maximum absolute atomic E-state index is 11.9. The third kappa shape index (κ3) is 4.97. The van der Waals surface area contributed by atoms with Crippen molar-refractivity contribution in [3.8, 4) is 11.5 Å². The van der Waals surface area contributed by atoms with Crippen LogP contribution in [0.5, 0.6) is 11.5 Å². The summed E-state index contributed by atoms with van der Waals surface area (Å²) < 4.78 is 10.4. The van der Waals surface area contributed by atoms with E-state index in [0.29, 0.717) is 24.5 Å². The summed E-state index contributed by atoms with van der Waals surface area (Å²) in [5.41, 5.74) is 3.21. The molecule has 1 aliphatic rings. The van der Waals surface area contributed by atoms with Crippen LogP contribution in [-0.2, 0) is 9.59 Å². The first-order valence-corrected chi connectivity index (χ1v) is 7.95. The smallest absolute Gasteiger partial charge is 0.259 e. The Bertz CT molecular complexity index is 616. The van der Waals surface area contributed by atoms with E-state index >= 15 is 0 Å². The van der Waals surface area contributed by atoms with Crippen LogP contribution in [0.4, 0.5) is 0 Å². The molecule has 1 N–H and O–H groups in total. The Morgan fingerprint density at radius 2 is 2.04 bits per heavy atom. The van der Waals surface area contributed by atoms with E-state index in [1.54, 1.807) is 37.3 Å². The minimum Gasteiger partial charge on any atom is -0.493 e. The molecule has 1 aromatic carbocycles. The number of hydrogen-bond donors (Lipinski definition) is 1. The Kier molecular flexibility index (Phi) is 6.60. The molecule has 0 unspecified atom stereocenters. The lowest BCUT2D eigenvalue weighted by molar-refractivity contribution is -0.135. The first kappa shape index (κ1) is 17.8. The van der Waals surface area contributed by atoms with Crippen LogP contribution in [0.2, 0.25) is 0 Å². The van der Waals surface area contributed by atoms with E-state index in [1.165, 1.54) is 6.21 Å². The van der Waals surface area contributed by atoms with Gasteiger partial charge in [0.05, 0.1) is 20.4 Å². The molecule has 1 heterocycles. The van der Waals surface area contributed by atoms with Crippen molar-refractivity contribution in [2.45, 2.75) is 25.7 Å². The molecule has 0 bridgehead atoms. The van der Waals surface area contributed by atoms with Crippen molar-refractivity contribution in [3.63, 3.8) is 0 Å². The quantitative estimate of drug-likeness (QED) is 0.633. The van der Waals surface area contributed by atoms with E-state index < -0.39 is 0 Å². The maximum Gasteiger partial charge on any atom is 0.259 e.